The first-order valence-electron chi connectivity index (χ1n) is 13.0. The van der Waals surface area contributed by atoms with Gasteiger partial charge in [-0.1, -0.05) is 29.8 Å². The van der Waals surface area contributed by atoms with E-state index < -0.39 is 49.9 Å². The smallest absolute Gasteiger partial charge is 0.338 e. The highest BCUT2D eigenvalue weighted by atomic mass is 35.5. The number of hydrogen-bond donors (Lipinski definition) is 2. The van der Waals surface area contributed by atoms with Crippen LogP contribution in [0.2, 0.25) is 5.02 Å². The second-order valence-corrected chi connectivity index (χ2v) is 12.8. The Morgan fingerprint density at radius 2 is 1.98 bits per heavy atom. The number of nitrogens with one attached hydrogen (secondary N) is 2. The predicted octanol–water partition coefficient (Wildman–Crippen LogP) is 4.19. The molecule has 226 valence electrons. The molecule has 1 aliphatic carbocycles. The van der Waals surface area contributed by atoms with Gasteiger partial charge in [0.2, 0.25) is 10.0 Å². The first-order chi connectivity index (χ1) is 20.1. The molecule has 0 saturated heterocycles. The molecule has 0 radical (unpaired) electrons. The summed E-state index contributed by atoms with van der Waals surface area (Å²) in [5, 5.41) is 4.03. The van der Waals surface area contributed by atoms with Gasteiger partial charge < -0.3 is 14.8 Å². The molecule has 1 aromatic carbocycles. The molecule has 0 amide bonds. The third-order valence-electron chi connectivity index (χ3n) is 6.97. The fourth-order valence-corrected chi connectivity index (χ4v) is 7.06. The molecule has 1 aliphatic heterocycles. The summed E-state index contributed by atoms with van der Waals surface area (Å²) in [5.41, 5.74) is 0.527. The number of aliphatic imine (C=N–C) groups is 1. The van der Waals surface area contributed by atoms with Crippen LogP contribution in [0.4, 0.5) is 8.78 Å². The summed E-state index contributed by atoms with van der Waals surface area (Å²) >= 11 is 7.52. The largest absolute Gasteiger partial charge is 0.469 e. The minimum absolute atomic E-state index is 0.0517. The average Bonchev–Trinajstić information content (AvgIpc) is 3.50. The van der Waals surface area contributed by atoms with Crippen LogP contribution in [0.25, 0.3) is 0 Å². The molecular formula is C27H29ClF2N4O6S2. The van der Waals surface area contributed by atoms with Gasteiger partial charge in [0.15, 0.2) is 22.5 Å². The number of methoxy groups -OCH3 is 2. The first kappa shape index (κ1) is 31.7. The second kappa shape index (κ2) is 13.8. The van der Waals surface area contributed by atoms with Gasteiger partial charge in [0, 0.05) is 35.3 Å². The van der Waals surface area contributed by atoms with Crippen LogP contribution in [-0.2, 0) is 29.1 Å². The van der Waals surface area contributed by atoms with Crippen molar-refractivity contribution in [1.82, 2.24) is 15.0 Å². The molecule has 0 saturated carbocycles. The third kappa shape index (κ3) is 7.05. The second-order valence-electron chi connectivity index (χ2n) is 9.51. The number of aromatic nitrogens is 1. The summed E-state index contributed by atoms with van der Waals surface area (Å²) in [5.74, 6) is -3.79. The minimum Gasteiger partial charge on any atom is -0.469 e. The Morgan fingerprint density at radius 1 is 1.19 bits per heavy atom. The number of carbonyl (C=O) groups is 2. The lowest BCUT2D eigenvalue weighted by Crippen LogP contribution is -2.38. The molecule has 3 atom stereocenters. The van der Waals surface area contributed by atoms with Crippen molar-refractivity contribution in [3.8, 4) is 0 Å². The van der Waals surface area contributed by atoms with Crippen LogP contribution in [-0.4, -0.2) is 57.2 Å². The molecule has 42 heavy (non-hydrogen) atoms. The lowest BCUT2D eigenvalue weighted by molar-refractivity contribution is -0.140. The number of rotatable bonds is 9. The highest BCUT2D eigenvalue weighted by molar-refractivity contribution is 7.90. The molecule has 0 fully saturated rings. The monoisotopic (exact) mass is 642 g/mol. The third-order valence-corrected chi connectivity index (χ3v) is 9.93. The number of hydrogen-bond acceptors (Lipinski definition) is 10. The van der Waals surface area contributed by atoms with Crippen LogP contribution in [0.3, 0.4) is 0 Å². The maximum Gasteiger partial charge on any atom is 0.338 e. The van der Waals surface area contributed by atoms with Crippen molar-refractivity contribution in [2.75, 3.05) is 20.8 Å². The molecule has 10 nitrogen and oxygen atoms in total. The van der Waals surface area contributed by atoms with Gasteiger partial charge >= 0.3 is 11.9 Å². The SMILES string of the molecule is COC(=O)CCNS(=O)(=O)[C@@H]1C=CCC[C@@H](C2=C(C(=O)OC)C(c3ccc(F)c(F)c3Cl)N=C(c3nccs3)N2)CC1. The van der Waals surface area contributed by atoms with E-state index in [2.05, 4.69) is 24.8 Å². The number of benzene rings is 1. The number of sulfonamides is 1. The Hall–Kier alpha value is -3.20. The Kier molecular flexibility index (Phi) is 10.5. The van der Waals surface area contributed by atoms with E-state index in [0.717, 1.165) is 6.07 Å². The van der Waals surface area contributed by atoms with Crippen molar-refractivity contribution < 1.29 is 36.3 Å². The molecule has 2 aromatic rings. The van der Waals surface area contributed by atoms with Crippen LogP contribution in [0.1, 0.15) is 48.7 Å². The molecule has 2 N–H and O–H groups in total. The molecule has 1 unspecified atom stereocenters. The van der Waals surface area contributed by atoms with Crippen LogP contribution in [0, 0.1) is 17.6 Å². The van der Waals surface area contributed by atoms with E-state index in [-0.39, 0.29) is 36.4 Å². The van der Waals surface area contributed by atoms with Crippen molar-refractivity contribution in [3.63, 3.8) is 0 Å². The standard InChI is InChI=1S/C27H29ClF2N4O6S2/c1-39-19(35)11-12-32-42(37,38)16-6-4-3-5-15(7-8-16)23-20(27(36)40-2)24(17-9-10-18(29)22(30)21(17)28)34-25(33-23)26-31-13-14-41-26/h4,6,9-10,13-16,24,32H,3,5,7-8,11-12H2,1-2H3,(H,33,34)/t15-,16-,24?/m1/s1. The zero-order valence-electron chi connectivity index (χ0n) is 22.7. The predicted molar refractivity (Wildman–Crippen MR) is 153 cm³/mol. The Balaban J connectivity index is 1.72. The zero-order chi connectivity index (χ0) is 30.4. The van der Waals surface area contributed by atoms with Gasteiger partial charge in [-0.25, -0.2) is 31.7 Å². The van der Waals surface area contributed by atoms with Crippen LogP contribution in [0.5, 0.6) is 0 Å². The molecule has 4 rings (SSSR count). The fraction of sp³-hybridized carbons (Fsp3) is 0.407. The van der Waals surface area contributed by atoms with E-state index in [0.29, 0.717) is 35.8 Å². The quantitative estimate of drug-likeness (QED) is 0.236. The lowest BCUT2D eigenvalue weighted by atomic mass is 9.84. The van der Waals surface area contributed by atoms with Crippen molar-refractivity contribution in [1.29, 1.82) is 0 Å². The normalized spacial score (nSPS) is 21.2. The summed E-state index contributed by atoms with van der Waals surface area (Å²) in [7, 11) is -1.41. The molecule has 2 heterocycles. The van der Waals surface area contributed by atoms with E-state index in [1.54, 1.807) is 23.7 Å². The summed E-state index contributed by atoms with van der Waals surface area (Å²) < 4.78 is 66.7. The van der Waals surface area contributed by atoms with E-state index >= 15 is 0 Å². The van der Waals surface area contributed by atoms with Crippen LogP contribution >= 0.6 is 22.9 Å². The van der Waals surface area contributed by atoms with E-state index in [1.165, 1.54) is 31.6 Å². The minimum atomic E-state index is -3.83. The zero-order valence-corrected chi connectivity index (χ0v) is 25.1. The van der Waals surface area contributed by atoms with Crippen molar-refractivity contribution >= 4 is 50.7 Å². The molecule has 2 aliphatic rings. The number of amidine groups is 1. The molecule has 15 heteroatoms. The molecule has 1 aromatic heterocycles. The molecule has 0 spiro atoms. The van der Waals surface area contributed by atoms with Gasteiger partial charge in [0.05, 0.1) is 36.5 Å². The Labute approximate surface area is 250 Å². The van der Waals surface area contributed by atoms with E-state index in [4.69, 9.17) is 16.3 Å². The lowest BCUT2D eigenvalue weighted by Gasteiger charge is -2.32. The van der Waals surface area contributed by atoms with Gasteiger partial charge in [-0.3, -0.25) is 9.79 Å². The highest BCUT2D eigenvalue weighted by Gasteiger charge is 2.38. The summed E-state index contributed by atoms with van der Waals surface area (Å²) in [4.78, 5) is 33.6. The van der Waals surface area contributed by atoms with Crippen molar-refractivity contribution in [2.24, 2.45) is 10.9 Å². The van der Waals surface area contributed by atoms with Crippen molar-refractivity contribution in [3.05, 3.63) is 74.4 Å². The van der Waals surface area contributed by atoms with Crippen LogP contribution in [0.15, 0.2) is 52.1 Å². The van der Waals surface area contributed by atoms with Gasteiger partial charge in [-0.15, -0.1) is 11.3 Å². The van der Waals surface area contributed by atoms with Gasteiger partial charge in [-0.2, -0.15) is 0 Å². The summed E-state index contributed by atoms with van der Waals surface area (Å²) in [6, 6.07) is 1.02. The number of allylic oxidation sites excluding steroid dienone is 2. The summed E-state index contributed by atoms with van der Waals surface area (Å²) in [6.07, 6.45) is 6.38. The van der Waals surface area contributed by atoms with Crippen LogP contribution < -0.4 is 10.0 Å². The maximum absolute atomic E-state index is 14.6. The van der Waals surface area contributed by atoms with E-state index in [1.807, 2.05) is 0 Å². The Bertz CT molecular complexity index is 1530. The first-order valence-corrected chi connectivity index (χ1v) is 15.8. The summed E-state index contributed by atoms with van der Waals surface area (Å²) in [6.45, 7) is -0.105. The number of thiazole rings is 1. The fourth-order valence-electron chi connectivity index (χ4n) is 4.85. The number of carbonyl (C=O) groups excluding carboxylic acids is 2. The Morgan fingerprint density at radius 3 is 2.67 bits per heavy atom. The van der Waals surface area contributed by atoms with Gasteiger partial charge in [0.25, 0.3) is 0 Å². The average molecular weight is 643 g/mol. The topological polar surface area (TPSA) is 136 Å². The van der Waals surface area contributed by atoms with E-state index in [9.17, 15) is 26.8 Å². The van der Waals surface area contributed by atoms with Gasteiger partial charge in [0.1, 0.15) is 6.04 Å². The molecule has 0 bridgehead atoms. The number of nitrogens with zero attached hydrogens (tertiary/aromatic N) is 2. The highest BCUT2D eigenvalue weighted by Crippen LogP contribution is 2.41. The molecular weight excluding hydrogens is 614 g/mol. The van der Waals surface area contributed by atoms with Gasteiger partial charge in [-0.05, 0) is 31.7 Å². The number of esters is 2. The number of halogens is 3. The number of ether oxygens (including phenoxy) is 2. The maximum atomic E-state index is 14.6. The van der Waals surface area contributed by atoms with Crippen molar-refractivity contribution in [2.45, 2.75) is 43.4 Å².